The van der Waals surface area contributed by atoms with Gasteiger partial charge in [-0.05, 0) is 18.1 Å². The Balaban J connectivity index is 2.50. The highest BCUT2D eigenvalue weighted by molar-refractivity contribution is 5.94. The van der Waals surface area contributed by atoms with Gasteiger partial charge in [0.05, 0.1) is 12.2 Å². The molecule has 4 heteroatoms. The fourth-order valence-corrected chi connectivity index (χ4v) is 1.35. The molecule has 1 unspecified atom stereocenters. The fourth-order valence-electron chi connectivity index (χ4n) is 1.35. The van der Waals surface area contributed by atoms with E-state index in [-0.39, 0.29) is 17.4 Å². The van der Waals surface area contributed by atoms with E-state index in [4.69, 9.17) is 4.74 Å². The third kappa shape index (κ3) is 3.62. The number of hydrogen-bond acceptors (Lipinski definition) is 2. The molecule has 0 aliphatic heterocycles. The van der Waals surface area contributed by atoms with Gasteiger partial charge in [0.1, 0.15) is 5.82 Å². The van der Waals surface area contributed by atoms with E-state index in [1.165, 1.54) is 12.1 Å². The van der Waals surface area contributed by atoms with Gasteiger partial charge in [0.25, 0.3) is 5.91 Å². The smallest absolute Gasteiger partial charge is 0.254 e. The lowest BCUT2D eigenvalue weighted by Crippen LogP contribution is -2.30. The standard InChI is InChI=1S/C12H16FNO2/c1-9(8-16-2)7-14-12(15)10-5-3-4-6-11(10)13/h3-6,9H,7-8H2,1-2H3,(H,14,15). The van der Waals surface area contributed by atoms with Crippen molar-refractivity contribution in [3.63, 3.8) is 0 Å². The summed E-state index contributed by atoms with van der Waals surface area (Å²) < 4.78 is 18.2. The van der Waals surface area contributed by atoms with Crippen molar-refractivity contribution in [3.8, 4) is 0 Å². The molecular weight excluding hydrogens is 209 g/mol. The van der Waals surface area contributed by atoms with E-state index >= 15 is 0 Å². The summed E-state index contributed by atoms with van der Waals surface area (Å²) in [5.74, 6) is -0.679. The Labute approximate surface area is 94.6 Å². The van der Waals surface area contributed by atoms with E-state index in [2.05, 4.69) is 5.32 Å². The van der Waals surface area contributed by atoms with Gasteiger partial charge in [-0.15, -0.1) is 0 Å². The first kappa shape index (κ1) is 12.6. The van der Waals surface area contributed by atoms with Crippen molar-refractivity contribution in [1.29, 1.82) is 0 Å². The second-order valence-electron chi connectivity index (χ2n) is 3.75. The summed E-state index contributed by atoms with van der Waals surface area (Å²) in [7, 11) is 1.61. The zero-order valence-electron chi connectivity index (χ0n) is 9.50. The molecule has 0 heterocycles. The summed E-state index contributed by atoms with van der Waals surface area (Å²) in [6, 6.07) is 5.93. The molecule has 1 atom stereocenters. The lowest BCUT2D eigenvalue weighted by molar-refractivity contribution is 0.0930. The lowest BCUT2D eigenvalue weighted by Gasteiger charge is -2.11. The summed E-state index contributed by atoms with van der Waals surface area (Å²) in [6.07, 6.45) is 0. The summed E-state index contributed by atoms with van der Waals surface area (Å²) in [4.78, 5) is 11.6. The predicted molar refractivity (Wildman–Crippen MR) is 59.8 cm³/mol. The number of carbonyl (C=O) groups excluding carboxylic acids is 1. The second kappa shape index (κ2) is 6.23. The number of benzene rings is 1. The molecule has 1 aromatic carbocycles. The Hall–Kier alpha value is -1.42. The molecule has 0 aromatic heterocycles. The summed E-state index contributed by atoms with van der Waals surface area (Å²) in [5, 5.41) is 2.67. The summed E-state index contributed by atoms with van der Waals surface area (Å²) in [6.45, 7) is 2.99. The molecule has 1 aromatic rings. The molecule has 0 aliphatic rings. The van der Waals surface area contributed by atoms with E-state index < -0.39 is 5.82 Å². The Morgan fingerprint density at radius 1 is 1.50 bits per heavy atom. The van der Waals surface area contributed by atoms with E-state index in [0.717, 1.165) is 0 Å². The van der Waals surface area contributed by atoms with E-state index in [1.54, 1.807) is 19.2 Å². The fraction of sp³-hybridized carbons (Fsp3) is 0.417. The molecule has 0 bridgehead atoms. The maximum absolute atomic E-state index is 13.2. The van der Waals surface area contributed by atoms with Crippen LogP contribution >= 0.6 is 0 Å². The molecule has 3 nitrogen and oxygen atoms in total. The number of halogens is 1. The highest BCUT2D eigenvalue weighted by atomic mass is 19.1. The zero-order valence-corrected chi connectivity index (χ0v) is 9.50. The van der Waals surface area contributed by atoms with Gasteiger partial charge < -0.3 is 10.1 Å². The van der Waals surface area contributed by atoms with Gasteiger partial charge in [-0.25, -0.2) is 4.39 Å². The SMILES string of the molecule is COCC(C)CNC(=O)c1ccccc1F. The van der Waals surface area contributed by atoms with Crippen molar-refractivity contribution >= 4 is 5.91 Å². The van der Waals surface area contributed by atoms with Gasteiger partial charge in [-0.3, -0.25) is 4.79 Å². The van der Waals surface area contributed by atoms with Crippen LogP contribution in [0.4, 0.5) is 4.39 Å². The maximum Gasteiger partial charge on any atom is 0.254 e. The monoisotopic (exact) mass is 225 g/mol. The molecule has 16 heavy (non-hydrogen) atoms. The van der Waals surface area contributed by atoms with Crippen molar-refractivity contribution in [3.05, 3.63) is 35.6 Å². The first-order valence-electron chi connectivity index (χ1n) is 5.16. The lowest BCUT2D eigenvalue weighted by atomic mass is 10.1. The van der Waals surface area contributed by atoms with Crippen LogP contribution < -0.4 is 5.32 Å². The highest BCUT2D eigenvalue weighted by Gasteiger charge is 2.11. The van der Waals surface area contributed by atoms with Gasteiger partial charge in [-0.1, -0.05) is 19.1 Å². The Bertz CT molecular complexity index is 355. The van der Waals surface area contributed by atoms with E-state index in [1.807, 2.05) is 6.92 Å². The van der Waals surface area contributed by atoms with Crippen LogP contribution in [0.2, 0.25) is 0 Å². The molecule has 0 fully saturated rings. The van der Waals surface area contributed by atoms with Crippen LogP contribution in [-0.4, -0.2) is 26.2 Å². The number of rotatable bonds is 5. The van der Waals surface area contributed by atoms with Crippen LogP contribution in [0.15, 0.2) is 24.3 Å². The molecule has 1 rings (SSSR count). The van der Waals surface area contributed by atoms with E-state index in [9.17, 15) is 9.18 Å². The molecule has 88 valence electrons. The van der Waals surface area contributed by atoms with Gasteiger partial charge >= 0.3 is 0 Å². The number of ether oxygens (including phenoxy) is 1. The van der Waals surface area contributed by atoms with Crippen molar-refractivity contribution in [2.24, 2.45) is 5.92 Å². The van der Waals surface area contributed by atoms with E-state index in [0.29, 0.717) is 13.2 Å². The Kier molecular flexibility index (Phi) is 4.92. The van der Waals surface area contributed by atoms with Crippen LogP contribution in [0.3, 0.4) is 0 Å². The van der Waals surface area contributed by atoms with Crippen LogP contribution in [-0.2, 0) is 4.74 Å². The minimum absolute atomic E-state index is 0.0760. The highest BCUT2D eigenvalue weighted by Crippen LogP contribution is 2.06. The van der Waals surface area contributed by atoms with Crippen LogP contribution in [0.1, 0.15) is 17.3 Å². The third-order valence-corrected chi connectivity index (χ3v) is 2.18. The van der Waals surface area contributed by atoms with Crippen molar-refractivity contribution in [1.82, 2.24) is 5.32 Å². The third-order valence-electron chi connectivity index (χ3n) is 2.18. The van der Waals surface area contributed by atoms with Crippen molar-refractivity contribution in [2.75, 3.05) is 20.3 Å². The molecule has 0 saturated heterocycles. The minimum Gasteiger partial charge on any atom is -0.384 e. The molecule has 0 radical (unpaired) electrons. The van der Waals surface area contributed by atoms with Crippen molar-refractivity contribution in [2.45, 2.75) is 6.92 Å². The normalized spacial score (nSPS) is 12.2. The number of methoxy groups -OCH3 is 1. The second-order valence-corrected chi connectivity index (χ2v) is 3.75. The predicted octanol–water partition coefficient (Wildman–Crippen LogP) is 1.84. The van der Waals surface area contributed by atoms with Gasteiger partial charge in [-0.2, -0.15) is 0 Å². The van der Waals surface area contributed by atoms with Gasteiger partial charge in [0.15, 0.2) is 0 Å². The zero-order chi connectivity index (χ0) is 12.0. The molecule has 0 spiro atoms. The summed E-state index contributed by atoms with van der Waals surface area (Å²) in [5.41, 5.74) is 0.0760. The quantitative estimate of drug-likeness (QED) is 0.830. The van der Waals surface area contributed by atoms with Crippen LogP contribution in [0, 0.1) is 11.7 Å². The molecule has 0 aliphatic carbocycles. The average Bonchev–Trinajstić information content (AvgIpc) is 2.27. The number of amides is 1. The molecular formula is C12H16FNO2. The topological polar surface area (TPSA) is 38.3 Å². The minimum atomic E-state index is -0.501. The molecule has 1 N–H and O–H groups in total. The molecule has 1 amide bonds. The Morgan fingerprint density at radius 3 is 2.81 bits per heavy atom. The van der Waals surface area contributed by atoms with Crippen LogP contribution in [0.5, 0.6) is 0 Å². The number of nitrogens with one attached hydrogen (secondary N) is 1. The Morgan fingerprint density at radius 2 is 2.19 bits per heavy atom. The number of hydrogen-bond donors (Lipinski definition) is 1. The maximum atomic E-state index is 13.2. The number of carbonyl (C=O) groups is 1. The summed E-state index contributed by atoms with van der Waals surface area (Å²) >= 11 is 0. The first-order chi connectivity index (χ1) is 7.65. The average molecular weight is 225 g/mol. The van der Waals surface area contributed by atoms with Crippen LogP contribution in [0.25, 0.3) is 0 Å². The largest absolute Gasteiger partial charge is 0.384 e. The van der Waals surface area contributed by atoms with Gasteiger partial charge in [0.2, 0.25) is 0 Å². The van der Waals surface area contributed by atoms with Gasteiger partial charge in [0, 0.05) is 13.7 Å². The van der Waals surface area contributed by atoms with Crippen molar-refractivity contribution < 1.29 is 13.9 Å². The first-order valence-corrected chi connectivity index (χ1v) is 5.16. The molecule has 0 saturated carbocycles.